The van der Waals surface area contributed by atoms with Gasteiger partial charge in [0.05, 0.1) is 29.3 Å². The molecule has 2 bridgehead atoms. The van der Waals surface area contributed by atoms with Gasteiger partial charge in [-0.1, -0.05) is 12.1 Å². The Labute approximate surface area is 171 Å². The van der Waals surface area contributed by atoms with Crippen LogP contribution < -0.4 is 10.6 Å². The standard InChI is InChI=1S/C19H27N5O.HI/c1-13-22-15-6-3-4-7-17(15)24(13)11-5-10-21-19(20-2)23-16-12-14-8-9-18(16)25-14;/h3-4,6-7,14,16,18H,5,8-12H2,1-2H3,(H2,20,21,23);1H. The molecule has 6 nitrogen and oxygen atoms in total. The van der Waals surface area contributed by atoms with Crippen molar-refractivity contribution >= 4 is 41.0 Å². The lowest BCUT2D eigenvalue weighted by atomic mass is 9.96. The van der Waals surface area contributed by atoms with Crippen molar-refractivity contribution in [3.8, 4) is 0 Å². The Bertz CT molecular complexity index is 774. The van der Waals surface area contributed by atoms with Crippen LogP contribution in [0.2, 0.25) is 0 Å². The number of guanidine groups is 1. The van der Waals surface area contributed by atoms with Gasteiger partial charge in [0, 0.05) is 20.1 Å². The monoisotopic (exact) mass is 469 g/mol. The van der Waals surface area contributed by atoms with E-state index in [1.54, 1.807) is 0 Å². The molecule has 3 heterocycles. The molecule has 2 aliphatic heterocycles. The second-order valence-electron chi connectivity index (χ2n) is 7.01. The molecule has 4 rings (SSSR count). The highest BCUT2D eigenvalue weighted by molar-refractivity contribution is 14.0. The molecule has 7 heteroatoms. The largest absolute Gasteiger partial charge is 0.373 e. The van der Waals surface area contributed by atoms with Crippen molar-refractivity contribution in [2.24, 2.45) is 4.99 Å². The van der Waals surface area contributed by atoms with Crippen LogP contribution >= 0.6 is 24.0 Å². The van der Waals surface area contributed by atoms with Crippen molar-refractivity contribution in [3.63, 3.8) is 0 Å². The number of aliphatic imine (C=N–C) groups is 1. The predicted octanol–water partition coefficient (Wildman–Crippen LogP) is 2.84. The van der Waals surface area contributed by atoms with Gasteiger partial charge in [0.1, 0.15) is 5.82 Å². The Morgan fingerprint density at radius 1 is 1.35 bits per heavy atom. The van der Waals surface area contributed by atoms with Crippen molar-refractivity contribution in [2.45, 2.75) is 57.4 Å². The second kappa shape index (κ2) is 8.56. The average molecular weight is 469 g/mol. The third-order valence-electron chi connectivity index (χ3n) is 5.35. The van der Waals surface area contributed by atoms with E-state index in [1.807, 2.05) is 13.1 Å². The first-order chi connectivity index (χ1) is 12.2. The number of hydrogen-bond donors (Lipinski definition) is 2. The van der Waals surface area contributed by atoms with Crippen molar-refractivity contribution in [1.29, 1.82) is 0 Å². The molecular formula is C19H28IN5O. The highest BCUT2D eigenvalue weighted by Crippen LogP contribution is 2.34. The van der Waals surface area contributed by atoms with Crippen LogP contribution in [0.1, 0.15) is 31.5 Å². The first kappa shape index (κ1) is 19.4. The zero-order valence-electron chi connectivity index (χ0n) is 15.4. The van der Waals surface area contributed by atoms with E-state index in [4.69, 9.17) is 4.74 Å². The molecule has 1 aromatic heterocycles. The van der Waals surface area contributed by atoms with Crippen molar-refractivity contribution in [3.05, 3.63) is 30.1 Å². The first-order valence-corrected chi connectivity index (χ1v) is 9.29. The van der Waals surface area contributed by atoms with E-state index in [0.717, 1.165) is 43.2 Å². The Morgan fingerprint density at radius 3 is 2.92 bits per heavy atom. The number of ether oxygens (including phenoxy) is 1. The number of aryl methyl sites for hydroxylation is 2. The first-order valence-electron chi connectivity index (χ1n) is 9.29. The fraction of sp³-hybridized carbons (Fsp3) is 0.579. The van der Waals surface area contributed by atoms with Crippen LogP contribution in [0.4, 0.5) is 0 Å². The third kappa shape index (κ3) is 3.98. The Kier molecular flexibility index (Phi) is 6.39. The van der Waals surface area contributed by atoms with E-state index in [2.05, 4.69) is 50.3 Å². The smallest absolute Gasteiger partial charge is 0.191 e. The maximum atomic E-state index is 5.90. The van der Waals surface area contributed by atoms with Gasteiger partial charge in [-0.2, -0.15) is 0 Å². The van der Waals surface area contributed by atoms with E-state index in [-0.39, 0.29) is 24.0 Å². The van der Waals surface area contributed by atoms with Crippen LogP contribution in [-0.4, -0.2) is 47.4 Å². The van der Waals surface area contributed by atoms with E-state index in [1.165, 1.54) is 18.4 Å². The number of imidazole rings is 1. The van der Waals surface area contributed by atoms with Gasteiger partial charge in [-0.3, -0.25) is 4.99 Å². The molecule has 1 aromatic carbocycles. The maximum absolute atomic E-state index is 5.90. The molecule has 2 N–H and O–H groups in total. The van der Waals surface area contributed by atoms with Crippen LogP contribution in [0.3, 0.4) is 0 Å². The number of benzene rings is 1. The highest BCUT2D eigenvalue weighted by Gasteiger charge is 2.41. The van der Waals surface area contributed by atoms with E-state index >= 15 is 0 Å². The minimum absolute atomic E-state index is 0. The lowest BCUT2D eigenvalue weighted by Gasteiger charge is -2.22. The van der Waals surface area contributed by atoms with Crippen LogP contribution in [0.5, 0.6) is 0 Å². The highest BCUT2D eigenvalue weighted by atomic mass is 127. The SMILES string of the molecule is CN=C(NCCCn1c(C)nc2ccccc21)NC1CC2CCC1O2.I. The van der Waals surface area contributed by atoms with Crippen molar-refractivity contribution in [1.82, 2.24) is 20.2 Å². The van der Waals surface area contributed by atoms with Gasteiger partial charge < -0.3 is 19.9 Å². The average Bonchev–Trinajstić information content (AvgIpc) is 3.31. The summed E-state index contributed by atoms with van der Waals surface area (Å²) >= 11 is 0. The molecule has 142 valence electrons. The quantitative estimate of drug-likeness (QED) is 0.306. The van der Waals surface area contributed by atoms with E-state index in [9.17, 15) is 0 Å². The number of halogens is 1. The molecule has 2 aliphatic rings. The summed E-state index contributed by atoms with van der Waals surface area (Å²) in [7, 11) is 1.83. The van der Waals surface area contributed by atoms with Gasteiger partial charge in [-0.25, -0.2) is 4.98 Å². The van der Waals surface area contributed by atoms with Crippen LogP contribution in [-0.2, 0) is 11.3 Å². The molecule has 0 radical (unpaired) electrons. The molecule has 3 atom stereocenters. The molecule has 2 aromatic rings. The molecule has 2 saturated heterocycles. The van der Waals surface area contributed by atoms with E-state index < -0.39 is 0 Å². The Hall–Kier alpha value is -1.35. The van der Waals surface area contributed by atoms with Gasteiger partial charge in [0.25, 0.3) is 0 Å². The molecule has 0 saturated carbocycles. The maximum Gasteiger partial charge on any atom is 0.191 e. The fourth-order valence-electron chi connectivity index (χ4n) is 4.08. The lowest BCUT2D eigenvalue weighted by molar-refractivity contribution is 0.0992. The van der Waals surface area contributed by atoms with Crippen molar-refractivity contribution in [2.75, 3.05) is 13.6 Å². The summed E-state index contributed by atoms with van der Waals surface area (Å²) in [6.45, 7) is 3.91. The Balaban J connectivity index is 0.00000196. The molecule has 0 amide bonds. The van der Waals surface area contributed by atoms with Gasteiger partial charge in [-0.15, -0.1) is 24.0 Å². The second-order valence-corrected chi connectivity index (χ2v) is 7.01. The minimum atomic E-state index is 0. The summed E-state index contributed by atoms with van der Waals surface area (Å²) in [6, 6.07) is 8.72. The number of nitrogens with zero attached hydrogens (tertiary/aromatic N) is 3. The number of hydrogen-bond acceptors (Lipinski definition) is 3. The van der Waals surface area contributed by atoms with Gasteiger partial charge in [0.2, 0.25) is 0 Å². The molecule has 26 heavy (non-hydrogen) atoms. The molecule has 3 unspecified atom stereocenters. The van der Waals surface area contributed by atoms with Crippen LogP contribution in [0.15, 0.2) is 29.3 Å². The number of aromatic nitrogens is 2. The number of fused-ring (bicyclic) bond motifs is 3. The summed E-state index contributed by atoms with van der Waals surface area (Å²) in [6.07, 6.45) is 5.33. The topological polar surface area (TPSA) is 63.5 Å². The van der Waals surface area contributed by atoms with Gasteiger partial charge >= 0.3 is 0 Å². The summed E-state index contributed by atoms with van der Waals surface area (Å²) in [5.74, 6) is 1.95. The normalized spacial score (nSPS) is 24.7. The summed E-state index contributed by atoms with van der Waals surface area (Å²) in [5, 5.41) is 6.96. The molecule has 0 aliphatic carbocycles. The summed E-state index contributed by atoms with van der Waals surface area (Å²) in [4.78, 5) is 8.98. The zero-order chi connectivity index (χ0) is 17.2. The molecular weight excluding hydrogens is 441 g/mol. The fourth-order valence-corrected chi connectivity index (χ4v) is 4.08. The Morgan fingerprint density at radius 2 is 2.19 bits per heavy atom. The van der Waals surface area contributed by atoms with E-state index in [0.29, 0.717) is 18.2 Å². The van der Waals surface area contributed by atoms with Crippen LogP contribution in [0, 0.1) is 6.92 Å². The number of para-hydroxylation sites is 2. The summed E-state index contributed by atoms with van der Waals surface area (Å²) in [5.41, 5.74) is 2.28. The van der Waals surface area contributed by atoms with Gasteiger partial charge in [-0.05, 0) is 44.7 Å². The molecule has 0 spiro atoms. The lowest BCUT2D eigenvalue weighted by Crippen LogP contribution is -2.47. The van der Waals surface area contributed by atoms with Crippen molar-refractivity contribution < 1.29 is 4.74 Å². The predicted molar refractivity (Wildman–Crippen MR) is 115 cm³/mol. The van der Waals surface area contributed by atoms with Crippen LogP contribution in [0.25, 0.3) is 11.0 Å². The zero-order valence-corrected chi connectivity index (χ0v) is 17.8. The third-order valence-corrected chi connectivity index (χ3v) is 5.35. The number of rotatable bonds is 5. The minimum Gasteiger partial charge on any atom is -0.373 e. The van der Waals surface area contributed by atoms with Gasteiger partial charge in [0.15, 0.2) is 5.96 Å². The molecule has 2 fully saturated rings. The summed E-state index contributed by atoms with van der Waals surface area (Å²) < 4.78 is 8.19. The number of nitrogens with one attached hydrogen (secondary N) is 2.